The van der Waals surface area contributed by atoms with Crippen molar-refractivity contribution >= 4 is 35.0 Å². The van der Waals surface area contributed by atoms with E-state index in [9.17, 15) is 4.79 Å². The number of carbonyl (C=O) groups is 1. The minimum absolute atomic E-state index is 0.0891. The summed E-state index contributed by atoms with van der Waals surface area (Å²) in [5.74, 6) is 0.494. The Labute approximate surface area is 123 Å². The van der Waals surface area contributed by atoms with Crippen molar-refractivity contribution in [2.24, 2.45) is 0 Å². The summed E-state index contributed by atoms with van der Waals surface area (Å²) in [4.78, 5) is 12.8. The molecular formula is C14H19ClN2OS. The highest BCUT2D eigenvalue weighted by molar-refractivity contribution is 8.00. The van der Waals surface area contributed by atoms with E-state index in [-0.39, 0.29) is 5.91 Å². The van der Waals surface area contributed by atoms with Crippen LogP contribution >= 0.6 is 23.4 Å². The first kappa shape index (κ1) is 14.5. The number of rotatable bonds is 4. The molecular weight excluding hydrogens is 280 g/mol. The lowest BCUT2D eigenvalue weighted by atomic mass is 9.95. The van der Waals surface area contributed by atoms with Gasteiger partial charge in [0.25, 0.3) is 0 Å². The zero-order valence-corrected chi connectivity index (χ0v) is 12.4. The minimum atomic E-state index is 0.0891. The van der Waals surface area contributed by atoms with Crippen molar-refractivity contribution in [1.29, 1.82) is 0 Å². The standard InChI is InChI=1S/C14H19ClN2OS/c15-10-6-7-13(12(16)8-10)19-9-14(18)17-11-4-2-1-3-5-11/h6-8,11H,1-5,9,16H2,(H,17,18). The van der Waals surface area contributed by atoms with Crippen molar-refractivity contribution in [2.45, 2.75) is 43.0 Å². The lowest BCUT2D eigenvalue weighted by molar-refractivity contribution is -0.119. The first-order chi connectivity index (χ1) is 9.15. The van der Waals surface area contributed by atoms with Gasteiger partial charge < -0.3 is 11.1 Å². The Bertz CT molecular complexity index is 447. The fourth-order valence-electron chi connectivity index (χ4n) is 2.31. The fraction of sp³-hybridized carbons (Fsp3) is 0.500. The van der Waals surface area contributed by atoms with E-state index >= 15 is 0 Å². The fourth-order valence-corrected chi connectivity index (χ4v) is 3.25. The van der Waals surface area contributed by atoms with Gasteiger partial charge in [-0.25, -0.2) is 0 Å². The summed E-state index contributed by atoms with van der Waals surface area (Å²) < 4.78 is 0. The van der Waals surface area contributed by atoms with E-state index in [2.05, 4.69) is 5.32 Å². The second-order valence-corrected chi connectivity index (χ2v) is 6.33. The lowest BCUT2D eigenvalue weighted by Gasteiger charge is -2.22. The Morgan fingerprint density at radius 3 is 2.79 bits per heavy atom. The Morgan fingerprint density at radius 1 is 1.37 bits per heavy atom. The minimum Gasteiger partial charge on any atom is -0.398 e. The van der Waals surface area contributed by atoms with Crippen LogP contribution in [0.5, 0.6) is 0 Å². The molecule has 3 N–H and O–H groups in total. The van der Waals surface area contributed by atoms with Gasteiger partial charge in [-0.2, -0.15) is 0 Å². The zero-order valence-electron chi connectivity index (χ0n) is 10.8. The van der Waals surface area contributed by atoms with Crippen LogP contribution in [0.15, 0.2) is 23.1 Å². The molecule has 1 fully saturated rings. The lowest BCUT2D eigenvalue weighted by Crippen LogP contribution is -2.37. The Balaban J connectivity index is 1.79. The molecule has 1 amide bonds. The largest absolute Gasteiger partial charge is 0.398 e. The molecule has 1 aliphatic rings. The number of halogens is 1. The van der Waals surface area contributed by atoms with E-state index in [4.69, 9.17) is 17.3 Å². The third-order valence-electron chi connectivity index (χ3n) is 3.30. The molecule has 19 heavy (non-hydrogen) atoms. The average molecular weight is 299 g/mol. The van der Waals surface area contributed by atoms with Crippen molar-refractivity contribution in [3.05, 3.63) is 23.2 Å². The van der Waals surface area contributed by atoms with Crippen molar-refractivity contribution in [3.8, 4) is 0 Å². The normalized spacial score (nSPS) is 16.3. The number of benzene rings is 1. The summed E-state index contributed by atoms with van der Waals surface area (Å²) in [5, 5.41) is 3.71. The number of hydrogen-bond acceptors (Lipinski definition) is 3. The van der Waals surface area contributed by atoms with Gasteiger partial charge in [-0.15, -0.1) is 11.8 Å². The van der Waals surface area contributed by atoms with E-state index in [1.807, 2.05) is 6.07 Å². The molecule has 0 spiro atoms. The molecule has 1 saturated carbocycles. The van der Waals surface area contributed by atoms with Crippen molar-refractivity contribution in [1.82, 2.24) is 5.32 Å². The van der Waals surface area contributed by atoms with Crippen LogP contribution in [0.25, 0.3) is 0 Å². The highest BCUT2D eigenvalue weighted by Gasteiger charge is 2.15. The van der Waals surface area contributed by atoms with Crippen LogP contribution in [0.3, 0.4) is 0 Å². The molecule has 104 valence electrons. The van der Waals surface area contributed by atoms with Gasteiger partial charge in [-0.05, 0) is 31.0 Å². The quantitative estimate of drug-likeness (QED) is 0.661. The molecule has 0 radical (unpaired) electrons. The zero-order chi connectivity index (χ0) is 13.7. The van der Waals surface area contributed by atoms with E-state index in [0.717, 1.165) is 17.7 Å². The third kappa shape index (κ3) is 4.62. The van der Waals surface area contributed by atoms with Crippen LogP contribution in [0, 0.1) is 0 Å². The van der Waals surface area contributed by atoms with E-state index in [1.165, 1.54) is 31.0 Å². The first-order valence-corrected chi connectivity index (χ1v) is 7.98. The maximum absolute atomic E-state index is 11.9. The molecule has 5 heteroatoms. The average Bonchev–Trinajstić information content (AvgIpc) is 2.39. The van der Waals surface area contributed by atoms with Crippen molar-refractivity contribution in [3.63, 3.8) is 0 Å². The monoisotopic (exact) mass is 298 g/mol. The van der Waals surface area contributed by atoms with Crippen LogP contribution in [0.4, 0.5) is 5.69 Å². The van der Waals surface area contributed by atoms with Crippen LogP contribution in [0.1, 0.15) is 32.1 Å². The summed E-state index contributed by atoms with van der Waals surface area (Å²) in [7, 11) is 0. The second kappa shape index (κ2) is 7.06. The van der Waals surface area contributed by atoms with Crippen LogP contribution in [-0.2, 0) is 4.79 Å². The summed E-state index contributed by atoms with van der Waals surface area (Å²) in [6.45, 7) is 0. The molecule has 1 aromatic carbocycles. The van der Waals surface area contributed by atoms with Gasteiger partial charge in [-0.1, -0.05) is 30.9 Å². The predicted molar refractivity (Wildman–Crippen MR) is 81.6 cm³/mol. The number of thioether (sulfide) groups is 1. The molecule has 0 heterocycles. The second-order valence-electron chi connectivity index (χ2n) is 4.87. The summed E-state index contributed by atoms with van der Waals surface area (Å²) in [6, 6.07) is 5.72. The van der Waals surface area contributed by atoms with E-state index < -0.39 is 0 Å². The van der Waals surface area contributed by atoms with Crippen LogP contribution in [0.2, 0.25) is 5.02 Å². The molecule has 3 nitrogen and oxygen atoms in total. The number of nitrogens with one attached hydrogen (secondary N) is 1. The highest BCUT2D eigenvalue weighted by atomic mass is 35.5. The van der Waals surface area contributed by atoms with Gasteiger partial charge in [0.2, 0.25) is 5.91 Å². The molecule has 0 unspecified atom stereocenters. The van der Waals surface area contributed by atoms with Gasteiger partial charge in [-0.3, -0.25) is 4.79 Å². The number of carbonyl (C=O) groups excluding carboxylic acids is 1. The van der Waals surface area contributed by atoms with Crippen LogP contribution < -0.4 is 11.1 Å². The summed E-state index contributed by atoms with van der Waals surface area (Å²) in [5.41, 5.74) is 6.48. The van der Waals surface area contributed by atoms with Gasteiger partial charge >= 0.3 is 0 Å². The Morgan fingerprint density at radius 2 is 2.11 bits per heavy atom. The number of hydrogen-bond donors (Lipinski definition) is 2. The van der Waals surface area contributed by atoms with Gasteiger partial charge in [0.1, 0.15) is 0 Å². The van der Waals surface area contributed by atoms with E-state index in [1.54, 1.807) is 12.1 Å². The molecule has 0 atom stereocenters. The molecule has 0 saturated heterocycles. The number of amides is 1. The van der Waals surface area contributed by atoms with Gasteiger partial charge in [0.05, 0.1) is 5.75 Å². The molecule has 0 bridgehead atoms. The van der Waals surface area contributed by atoms with Gasteiger partial charge in [0, 0.05) is 21.6 Å². The number of nitrogens with two attached hydrogens (primary N) is 1. The number of anilines is 1. The SMILES string of the molecule is Nc1cc(Cl)ccc1SCC(=O)NC1CCCCC1. The predicted octanol–water partition coefficient (Wildman–Crippen LogP) is 3.46. The van der Waals surface area contributed by atoms with Crippen LogP contribution in [-0.4, -0.2) is 17.7 Å². The maximum atomic E-state index is 11.9. The Hall–Kier alpha value is -0.870. The summed E-state index contributed by atoms with van der Waals surface area (Å²) in [6.07, 6.45) is 5.96. The summed E-state index contributed by atoms with van der Waals surface area (Å²) >= 11 is 7.30. The van der Waals surface area contributed by atoms with Gasteiger partial charge in [0.15, 0.2) is 0 Å². The highest BCUT2D eigenvalue weighted by Crippen LogP contribution is 2.27. The first-order valence-electron chi connectivity index (χ1n) is 6.62. The molecule has 1 aromatic rings. The van der Waals surface area contributed by atoms with Crippen molar-refractivity contribution in [2.75, 3.05) is 11.5 Å². The maximum Gasteiger partial charge on any atom is 0.230 e. The molecule has 2 rings (SSSR count). The van der Waals surface area contributed by atoms with E-state index in [0.29, 0.717) is 22.5 Å². The Kier molecular flexibility index (Phi) is 5.40. The topological polar surface area (TPSA) is 55.1 Å². The molecule has 1 aliphatic carbocycles. The third-order valence-corrected chi connectivity index (χ3v) is 4.63. The van der Waals surface area contributed by atoms with Crippen molar-refractivity contribution < 1.29 is 4.79 Å². The number of nitrogen functional groups attached to an aromatic ring is 1. The molecule has 0 aromatic heterocycles. The molecule has 0 aliphatic heterocycles. The smallest absolute Gasteiger partial charge is 0.230 e.